The van der Waals surface area contributed by atoms with E-state index in [4.69, 9.17) is 0 Å². The van der Waals surface area contributed by atoms with E-state index in [-0.39, 0.29) is 0 Å². The molecule has 0 aliphatic carbocycles. The van der Waals surface area contributed by atoms with Crippen molar-refractivity contribution in [1.29, 1.82) is 0 Å². The standard InChI is InChI=1S/C17H15NOS/c1-10-3-6-15-13(7-10)14-9-20-16-8-11(19)4-5-12(16)17(14)18(15)2/h3-8,19H,9H2,1-2H3. The van der Waals surface area contributed by atoms with Gasteiger partial charge in [0.25, 0.3) is 0 Å². The molecule has 3 aromatic rings. The number of thioether (sulfide) groups is 1. The summed E-state index contributed by atoms with van der Waals surface area (Å²) in [5.74, 6) is 1.31. The predicted molar refractivity (Wildman–Crippen MR) is 84.3 cm³/mol. The van der Waals surface area contributed by atoms with E-state index in [1.165, 1.54) is 38.2 Å². The van der Waals surface area contributed by atoms with E-state index < -0.39 is 0 Å². The topological polar surface area (TPSA) is 25.2 Å². The van der Waals surface area contributed by atoms with Gasteiger partial charge in [-0.3, -0.25) is 0 Å². The minimum absolute atomic E-state index is 0.342. The normalized spacial score (nSPS) is 13.3. The van der Waals surface area contributed by atoms with Crippen LogP contribution in [0.4, 0.5) is 0 Å². The molecule has 0 radical (unpaired) electrons. The Morgan fingerprint density at radius 3 is 2.85 bits per heavy atom. The Kier molecular flexibility index (Phi) is 2.42. The highest BCUT2D eigenvalue weighted by Gasteiger charge is 2.23. The van der Waals surface area contributed by atoms with Gasteiger partial charge in [0.1, 0.15) is 5.75 Å². The van der Waals surface area contributed by atoms with Gasteiger partial charge in [-0.05, 0) is 42.8 Å². The largest absolute Gasteiger partial charge is 0.508 e. The van der Waals surface area contributed by atoms with Crippen molar-refractivity contribution < 1.29 is 5.11 Å². The van der Waals surface area contributed by atoms with Gasteiger partial charge in [-0.15, -0.1) is 11.8 Å². The van der Waals surface area contributed by atoms with Gasteiger partial charge in [0.15, 0.2) is 0 Å². The number of aromatic nitrogens is 1. The van der Waals surface area contributed by atoms with Crippen molar-refractivity contribution in [2.75, 3.05) is 0 Å². The third kappa shape index (κ3) is 1.53. The molecule has 100 valence electrons. The van der Waals surface area contributed by atoms with Crippen molar-refractivity contribution in [3.05, 3.63) is 47.5 Å². The van der Waals surface area contributed by atoms with Crippen LogP contribution < -0.4 is 0 Å². The summed E-state index contributed by atoms with van der Waals surface area (Å²) in [6.45, 7) is 2.14. The van der Waals surface area contributed by atoms with E-state index in [1.807, 2.05) is 12.1 Å². The van der Waals surface area contributed by atoms with Gasteiger partial charge in [-0.25, -0.2) is 0 Å². The molecular weight excluding hydrogens is 266 g/mol. The molecule has 0 bridgehead atoms. The first-order valence-electron chi connectivity index (χ1n) is 6.69. The zero-order valence-electron chi connectivity index (χ0n) is 11.5. The minimum Gasteiger partial charge on any atom is -0.508 e. The first-order chi connectivity index (χ1) is 9.65. The molecule has 0 saturated heterocycles. The van der Waals surface area contributed by atoms with Crippen molar-refractivity contribution >= 4 is 22.7 Å². The van der Waals surface area contributed by atoms with E-state index in [9.17, 15) is 5.11 Å². The fourth-order valence-corrected chi connectivity index (χ4v) is 4.22. The Bertz CT molecular complexity index is 848. The number of phenolic OH excluding ortho intramolecular Hbond substituents is 1. The van der Waals surface area contributed by atoms with Crippen LogP contribution in [0.25, 0.3) is 22.2 Å². The molecule has 4 rings (SSSR count). The third-order valence-corrected chi connectivity index (χ3v) is 5.13. The first kappa shape index (κ1) is 11.9. The molecule has 1 aromatic heterocycles. The lowest BCUT2D eigenvalue weighted by Gasteiger charge is -2.18. The molecular formula is C17H15NOS. The average molecular weight is 281 g/mol. The fourth-order valence-electron chi connectivity index (χ4n) is 3.10. The van der Waals surface area contributed by atoms with Crippen LogP contribution in [0.1, 0.15) is 11.1 Å². The lowest BCUT2D eigenvalue weighted by Crippen LogP contribution is -1.99. The van der Waals surface area contributed by atoms with E-state index in [0.717, 1.165) is 5.75 Å². The number of phenols is 1. The molecule has 0 atom stereocenters. The number of rotatable bonds is 0. The quantitative estimate of drug-likeness (QED) is 0.658. The predicted octanol–water partition coefficient (Wildman–Crippen LogP) is 4.47. The van der Waals surface area contributed by atoms with Crippen molar-refractivity contribution in [2.24, 2.45) is 7.05 Å². The van der Waals surface area contributed by atoms with Crippen LogP contribution in [-0.2, 0) is 12.8 Å². The van der Waals surface area contributed by atoms with Crippen LogP contribution >= 0.6 is 11.8 Å². The number of hydrogen-bond donors (Lipinski definition) is 1. The van der Waals surface area contributed by atoms with E-state index in [1.54, 1.807) is 17.8 Å². The molecule has 20 heavy (non-hydrogen) atoms. The first-order valence-corrected chi connectivity index (χ1v) is 7.68. The lowest BCUT2D eigenvalue weighted by atomic mass is 10.0. The number of nitrogens with zero attached hydrogens (tertiary/aromatic N) is 1. The van der Waals surface area contributed by atoms with Crippen LogP contribution in [0.2, 0.25) is 0 Å². The van der Waals surface area contributed by atoms with Crippen molar-refractivity contribution in [2.45, 2.75) is 17.6 Å². The van der Waals surface area contributed by atoms with Gasteiger partial charge in [0.2, 0.25) is 0 Å². The lowest BCUT2D eigenvalue weighted by molar-refractivity contribution is 0.474. The fraction of sp³-hybridized carbons (Fsp3) is 0.176. The van der Waals surface area contributed by atoms with Crippen LogP contribution in [0.5, 0.6) is 5.75 Å². The number of aromatic hydroxyl groups is 1. The van der Waals surface area contributed by atoms with Gasteiger partial charge < -0.3 is 9.67 Å². The molecule has 1 aliphatic heterocycles. The molecule has 0 fully saturated rings. The SMILES string of the molecule is Cc1ccc2c(c1)c1c(n2C)-c2ccc(O)cc2SC1. The van der Waals surface area contributed by atoms with E-state index in [2.05, 4.69) is 36.7 Å². The Balaban J connectivity index is 2.11. The van der Waals surface area contributed by atoms with Crippen molar-refractivity contribution in [3.63, 3.8) is 0 Å². The molecule has 3 heteroatoms. The highest BCUT2D eigenvalue weighted by Crippen LogP contribution is 2.46. The molecule has 0 amide bonds. The molecule has 0 unspecified atom stereocenters. The maximum atomic E-state index is 9.66. The Hall–Kier alpha value is -1.87. The van der Waals surface area contributed by atoms with Gasteiger partial charge in [0.05, 0.1) is 5.69 Å². The second kappa shape index (κ2) is 4.06. The second-order valence-electron chi connectivity index (χ2n) is 5.38. The van der Waals surface area contributed by atoms with Gasteiger partial charge >= 0.3 is 0 Å². The van der Waals surface area contributed by atoms with Crippen molar-refractivity contribution in [1.82, 2.24) is 4.57 Å². The molecule has 1 N–H and O–H groups in total. The minimum atomic E-state index is 0.342. The Labute approximate surface area is 122 Å². The maximum Gasteiger partial charge on any atom is 0.116 e. The Morgan fingerprint density at radius 2 is 2.00 bits per heavy atom. The number of benzene rings is 2. The monoisotopic (exact) mass is 281 g/mol. The number of aryl methyl sites for hydroxylation is 2. The smallest absolute Gasteiger partial charge is 0.116 e. The summed E-state index contributed by atoms with van der Waals surface area (Å²) in [4.78, 5) is 1.17. The molecule has 2 aromatic carbocycles. The summed E-state index contributed by atoms with van der Waals surface area (Å²) in [6, 6.07) is 12.3. The summed E-state index contributed by atoms with van der Waals surface area (Å²) >= 11 is 1.81. The zero-order chi connectivity index (χ0) is 13.9. The highest BCUT2D eigenvalue weighted by molar-refractivity contribution is 7.98. The summed E-state index contributed by atoms with van der Waals surface area (Å²) in [6.07, 6.45) is 0. The van der Waals surface area contributed by atoms with Gasteiger partial charge in [-0.2, -0.15) is 0 Å². The zero-order valence-corrected chi connectivity index (χ0v) is 12.3. The molecule has 0 saturated carbocycles. The third-order valence-electron chi connectivity index (χ3n) is 4.05. The average Bonchev–Trinajstić information content (AvgIpc) is 2.71. The molecule has 2 heterocycles. The summed E-state index contributed by atoms with van der Waals surface area (Å²) < 4.78 is 2.28. The van der Waals surface area contributed by atoms with E-state index >= 15 is 0 Å². The second-order valence-corrected chi connectivity index (χ2v) is 6.39. The summed E-state index contributed by atoms with van der Waals surface area (Å²) in [7, 11) is 2.13. The summed E-state index contributed by atoms with van der Waals surface area (Å²) in [5, 5.41) is 11.0. The number of hydrogen-bond acceptors (Lipinski definition) is 2. The van der Waals surface area contributed by atoms with Gasteiger partial charge in [0, 0.05) is 34.2 Å². The maximum absolute atomic E-state index is 9.66. The van der Waals surface area contributed by atoms with Crippen LogP contribution in [0.15, 0.2) is 41.3 Å². The number of fused-ring (bicyclic) bond motifs is 5. The molecule has 2 nitrogen and oxygen atoms in total. The van der Waals surface area contributed by atoms with Crippen LogP contribution in [0, 0.1) is 6.92 Å². The Morgan fingerprint density at radius 1 is 1.15 bits per heavy atom. The summed E-state index contributed by atoms with van der Waals surface area (Å²) in [5.41, 5.74) is 6.51. The highest BCUT2D eigenvalue weighted by atomic mass is 32.2. The van der Waals surface area contributed by atoms with Crippen LogP contribution in [0.3, 0.4) is 0 Å². The van der Waals surface area contributed by atoms with E-state index in [0.29, 0.717) is 5.75 Å². The molecule has 1 aliphatic rings. The van der Waals surface area contributed by atoms with Crippen molar-refractivity contribution in [3.8, 4) is 17.0 Å². The van der Waals surface area contributed by atoms with Gasteiger partial charge in [-0.1, -0.05) is 11.6 Å². The molecule has 0 spiro atoms. The van der Waals surface area contributed by atoms with Crippen LogP contribution in [-0.4, -0.2) is 9.67 Å².